The predicted octanol–water partition coefficient (Wildman–Crippen LogP) is -0.870. The van der Waals surface area contributed by atoms with Crippen LogP contribution in [0.1, 0.15) is 16.8 Å². The second-order valence-electron chi connectivity index (χ2n) is 4.98. The van der Waals surface area contributed by atoms with Crippen LogP contribution in [-0.2, 0) is 10.0 Å². The Bertz CT molecular complexity index is 598. The summed E-state index contributed by atoms with van der Waals surface area (Å²) < 4.78 is 22.4. The van der Waals surface area contributed by atoms with Crippen LogP contribution < -0.4 is 10.5 Å². The van der Waals surface area contributed by atoms with E-state index in [1.807, 2.05) is 0 Å². The number of aliphatic hydroxyl groups excluding tert-OH is 1. The zero-order valence-corrected chi connectivity index (χ0v) is 12.3. The van der Waals surface area contributed by atoms with Crippen molar-refractivity contribution in [3.8, 4) is 0 Å². The number of amides is 1. The van der Waals surface area contributed by atoms with Gasteiger partial charge in [-0.2, -0.15) is 0 Å². The molecule has 7 nitrogen and oxygen atoms in total. The van der Waals surface area contributed by atoms with Crippen molar-refractivity contribution in [1.29, 1.82) is 0 Å². The smallest absolute Gasteiger partial charge is 0.253 e. The van der Waals surface area contributed by atoms with Gasteiger partial charge in [0.1, 0.15) is 0 Å². The number of rotatable bonds is 4. The highest BCUT2D eigenvalue weighted by Crippen LogP contribution is 2.13. The lowest BCUT2D eigenvalue weighted by Gasteiger charge is -2.33. The van der Waals surface area contributed by atoms with Crippen molar-refractivity contribution in [3.05, 3.63) is 29.8 Å². The molecule has 2 rings (SSSR count). The molecule has 1 aliphatic heterocycles. The molecule has 0 spiro atoms. The number of carbonyl (C=O) groups excluding carboxylic acids is 1. The van der Waals surface area contributed by atoms with E-state index in [1.165, 1.54) is 24.3 Å². The molecule has 1 atom stereocenters. The summed E-state index contributed by atoms with van der Waals surface area (Å²) in [5.41, 5.74) is 0.423. The van der Waals surface area contributed by atoms with E-state index in [0.29, 0.717) is 31.6 Å². The van der Waals surface area contributed by atoms with Crippen LogP contribution in [0, 0.1) is 0 Å². The number of aliphatic hydroxyl groups is 1. The largest absolute Gasteiger partial charge is 0.396 e. The van der Waals surface area contributed by atoms with Gasteiger partial charge in [-0.1, -0.05) is 0 Å². The van der Waals surface area contributed by atoms with Gasteiger partial charge in [0.05, 0.1) is 4.90 Å². The summed E-state index contributed by atoms with van der Waals surface area (Å²) in [5, 5.41) is 17.2. The molecule has 1 amide bonds. The van der Waals surface area contributed by atoms with E-state index in [2.05, 4.69) is 5.32 Å². The van der Waals surface area contributed by atoms with Crippen molar-refractivity contribution in [2.24, 2.45) is 5.14 Å². The fourth-order valence-corrected chi connectivity index (χ4v) is 2.84. The minimum absolute atomic E-state index is 0.0162. The Kier molecular flexibility index (Phi) is 4.94. The van der Waals surface area contributed by atoms with E-state index < -0.39 is 10.0 Å². The molecule has 0 aliphatic carbocycles. The highest BCUT2D eigenvalue weighted by Gasteiger charge is 2.23. The summed E-state index contributed by atoms with van der Waals surface area (Å²) >= 11 is 0. The average Bonchev–Trinajstić information content (AvgIpc) is 2.46. The number of piperazine rings is 1. The number of benzene rings is 1. The monoisotopic (exact) mass is 313 g/mol. The number of primary sulfonamides is 1. The number of hydrogen-bond donors (Lipinski definition) is 3. The molecular formula is C13H19N3O4S. The van der Waals surface area contributed by atoms with Crippen LogP contribution in [0.25, 0.3) is 0 Å². The zero-order valence-electron chi connectivity index (χ0n) is 11.5. The van der Waals surface area contributed by atoms with Gasteiger partial charge < -0.3 is 15.3 Å². The Hall–Kier alpha value is -1.48. The van der Waals surface area contributed by atoms with E-state index in [-0.39, 0.29) is 23.5 Å². The summed E-state index contributed by atoms with van der Waals surface area (Å²) in [7, 11) is -3.75. The third-order valence-electron chi connectivity index (χ3n) is 3.45. The number of nitrogens with one attached hydrogen (secondary N) is 1. The van der Waals surface area contributed by atoms with Crippen molar-refractivity contribution >= 4 is 15.9 Å². The molecule has 1 saturated heterocycles. The Labute approximate surface area is 123 Å². The molecular weight excluding hydrogens is 294 g/mol. The van der Waals surface area contributed by atoms with Crippen LogP contribution in [0.5, 0.6) is 0 Å². The van der Waals surface area contributed by atoms with E-state index in [0.717, 1.165) is 0 Å². The van der Waals surface area contributed by atoms with Crippen molar-refractivity contribution in [2.75, 3.05) is 26.2 Å². The third kappa shape index (κ3) is 4.01. The third-order valence-corrected chi connectivity index (χ3v) is 4.38. The van der Waals surface area contributed by atoms with Gasteiger partial charge in [-0.05, 0) is 30.7 Å². The summed E-state index contributed by atoms with van der Waals surface area (Å²) in [6.07, 6.45) is 0.591. The summed E-state index contributed by atoms with van der Waals surface area (Å²) in [4.78, 5) is 14.0. The first kappa shape index (κ1) is 15.9. The van der Waals surface area contributed by atoms with Gasteiger partial charge in [0.25, 0.3) is 5.91 Å². The van der Waals surface area contributed by atoms with Crippen LogP contribution in [0.3, 0.4) is 0 Å². The number of carbonyl (C=O) groups is 1. The Morgan fingerprint density at radius 2 is 2.05 bits per heavy atom. The van der Waals surface area contributed by atoms with Crippen molar-refractivity contribution in [3.63, 3.8) is 0 Å². The van der Waals surface area contributed by atoms with Gasteiger partial charge >= 0.3 is 0 Å². The van der Waals surface area contributed by atoms with E-state index in [9.17, 15) is 13.2 Å². The van der Waals surface area contributed by atoms with Crippen LogP contribution in [0.4, 0.5) is 0 Å². The molecule has 1 aliphatic rings. The lowest BCUT2D eigenvalue weighted by Crippen LogP contribution is -2.52. The average molecular weight is 313 g/mol. The van der Waals surface area contributed by atoms with Gasteiger partial charge in [-0.3, -0.25) is 4.79 Å². The van der Waals surface area contributed by atoms with Crippen molar-refractivity contribution < 1.29 is 18.3 Å². The lowest BCUT2D eigenvalue weighted by atomic mass is 10.1. The van der Waals surface area contributed by atoms with E-state index in [1.54, 1.807) is 4.90 Å². The number of nitrogens with two attached hydrogens (primary N) is 1. The first-order valence-electron chi connectivity index (χ1n) is 6.68. The SMILES string of the molecule is NS(=O)(=O)c1ccc(C(=O)N2CCNC(CCO)C2)cc1. The number of sulfonamides is 1. The fraction of sp³-hybridized carbons (Fsp3) is 0.462. The lowest BCUT2D eigenvalue weighted by molar-refractivity contribution is 0.0690. The molecule has 8 heteroatoms. The molecule has 0 bridgehead atoms. The molecule has 21 heavy (non-hydrogen) atoms. The summed E-state index contributed by atoms with van der Waals surface area (Å²) in [6.45, 7) is 1.85. The van der Waals surface area contributed by atoms with Gasteiger partial charge in [-0.25, -0.2) is 13.6 Å². The maximum Gasteiger partial charge on any atom is 0.253 e. The van der Waals surface area contributed by atoms with Crippen LogP contribution in [0.15, 0.2) is 29.2 Å². The van der Waals surface area contributed by atoms with Crippen LogP contribution >= 0.6 is 0 Å². The summed E-state index contributed by atoms with van der Waals surface area (Å²) in [5.74, 6) is -0.152. The highest BCUT2D eigenvalue weighted by molar-refractivity contribution is 7.89. The van der Waals surface area contributed by atoms with Gasteiger partial charge in [0, 0.05) is 37.8 Å². The first-order chi connectivity index (χ1) is 9.91. The quantitative estimate of drug-likeness (QED) is 0.669. The van der Waals surface area contributed by atoms with Gasteiger partial charge in [-0.15, -0.1) is 0 Å². The van der Waals surface area contributed by atoms with E-state index in [4.69, 9.17) is 10.2 Å². The Balaban J connectivity index is 2.09. The molecule has 116 valence electrons. The minimum atomic E-state index is -3.75. The molecule has 0 radical (unpaired) electrons. The van der Waals surface area contributed by atoms with E-state index >= 15 is 0 Å². The molecule has 1 heterocycles. The summed E-state index contributed by atoms with van der Waals surface area (Å²) in [6, 6.07) is 5.67. The fourth-order valence-electron chi connectivity index (χ4n) is 2.33. The highest BCUT2D eigenvalue weighted by atomic mass is 32.2. The molecule has 1 unspecified atom stereocenters. The van der Waals surface area contributed by atoms with Crippen molar-refractivity contribution in [2.45, 2.75) is 17.4 Å². The number of hydrogen-bond acceptors (Lipinski definition) is 5. The molecule has 1 aromatic carbocycles. The van der Waals surface area contributed by atoms with Crippen molar-refractivity contribution in [1.82, 2.24) is 10.2 Å². The maximum absolute atomic E-state index is 12.4. The molecule has 1 aromatic rings. The second-order valence-corrected chi connectivity index (χ2v) is 6.55. The molecule has 0 saturated carbocycles. The number of nitrogens with zero attached hydrogens (tertiary/aromatic N) is 1. The standard InChI is InChI=1S/C13H19N3O4S/c14-21(19,20)12-3-1-10(2-4-12)13(18)16-7-6-15-11(9-16)5-8-17/h1-4,11,15,17H,5-9H2,(H2,14,19,20). The Morgan fingerprint density at radius 1 is 1.38 bits per heavy atom. The molecule has 1 fully saturated rings. The van der Waals surface area contributed by atoms with Gasteiger partial charge in [0.15, 0.2) is 0 Å². The van der Waals surface area contributed by atoms with Gasteiger partial charge in [0.2, 0.25) is 10.0 Å². The zero-order chi connectivity index (χ0) is 15.5. The maximum atomic E-state index is 12.4. The second kappa shape index (κ2) is 6.52. The van der Waals surface area contributed by atoms with Crippen LogP contribution in [0.2, 0.25) is 0 Å². The predicted molar refractivity (Wildman–Crippen MR) is 77.2 cm³/mol. The van der Waals surface area contributed by atoms with Crippen LogP contribution in [-0.4, -0.2) is 56.6 Å². The topological polar surface area (TPSA) is 113 Å². The first-order valence-corrected chi connectivity index (χ1v) is 8.23. The molecule has 4 N–H and O–H groups in total. The minimum Gasteiger partial charge on any atom is -0.396 e. The molecule has 0 aromatic heterocycles. The Morgan fingerprint density at radius 3 is 2.62 bits per heavy atom. The normalized spacial score (nSPS) is 19.5.